The van der Waals surface area contributed by atoms with Gasteiger partial charge in [-0.15, -0.1) is 0 Å². The van der Waals surface area contributed by atoms with E-state index in [1.54, 1.807) is 18.2 Å². The molecule has 2 unspecified atom stereocenters. The van der Waals surface area contributed by atoms with Crippen LogP contribution in [0.15, 0.2) is 24.3 Å². The van der Waals surface area contributed by atoms with Crippen molar-refractivity contribution in [1.29, 1.82) is 0 Å². The number of rotatable bonds is 4. The molecule has 1 aliphatic rings. The Hall–Kier alpha value is -1.69. The van der Waals surface area contributed by atoms with E-state index in [9.17, 15) is 13.6 Å². The summed E-state index contributed by atoms with van der Waals surface area (Å²) < 4.78 is 29.0. The van der Waals surface area contributed by atoms with Crippen molar-refractivity contribution < 1.29 is 23.4 Å². The number of benzene rings is 1. The first-order chi connectivity index (χ1) is 8.59. The number of hydrogen-bond donors (Lipinski definition) is 2. The van der Waals surface area contributed by atoms with Crippen LogP contribution < -0.4 is 10.1 Å². The zero-order valence-electron chi connectivity index (χ0n) is 9.48. The smallest absolute Gasteiger partial charge is 0.387 e. The van der Waals surface area contributed by atoms with Crippen LogP contribution in [0, 0.1) is 5.92 Å². The Morgan fingerprint density at radius 1 is 1.39 bits per heavy atom. The lowest BCUT2D eigenvalue weighted by Crippen LogP contribution is -2.21. The zero-order chi connectivity index (χ0) is 13.1. The highest BCUT2D eigenvalue weighted by molar-refractivity contribution is 5.72. The molecule has 1 aliphatic heterocycles. The summed E-state index contributed by atoms with van der Waals surface area (Å²) in [5, 5.41) is 12.0. The summed E-state index contributed by atoms with van der Waals surface area (Å²) in [6.07, 6.45) is 0. The van der Waals surface area contributed by atoms with E-state index in [1.165, 1.54) is 6.07 Å². The maximum absolute atomic E-state index is 12.3. The molecule has 6 heteroatoms. The Labute approximate surface area is 103 Å². The Kier molecular flexibility index (Phi) is 3.76. The van der Waals surface area contributed by atoms with Gasteiger partial charge in [-0.05, 0) is 11.6 Å². The molecule has 1 heterocycles. The molecule has 0 saturated carbocycles. The van der Waals surface area contributed by atoms with Crippen LogP contribution in [-0.4, -0.2) is 30.8 Å². The first-order valence-corrected chi connectivity index (χ1v) is 5.57. The lowest BCUT2D eigenvalue weighted by atomic mass is 9.88. The van der Waals surface area contributed by atoms with Gasteiger partial charge in [0.1, 0.15) is 5.75 Å². The monoisotopic (exact) mass is 257 g/mol. The van der Waals surface area contributed by atoms with Crippen LogP contribution in [0.3, 0.4) is 0 Å². The minimum Gasteiger partial charge on any atom is -0.481 e. The lowest BCUT2D eigenvalue weighted by Gasteiger charge is -2.18. The summed E-state index contributed by atoms with van der Waals surface area (Å²) in [6.45, 7) is -2.13. The van der Waals surface area contributed by atoms with E-state index in [0.717, 1.165) is 0 Å². The summed E-state index contributed by atoms with van der Waals surface area (Å²) in [6, 6.07) is 6.33. The fraction of sp³-hybridized carbons (Fsp3) is 0.417. The Morgan fingerprint density at radius 2 is 2.11 bits per heavy atom. The quantitative estimate of drug-likeness (QED) is 0.861. The molecular formula is C12H13F2NO3. The fourth-order valence-corrected chi connectivity index (χ4v) is 2.26. The van der Waals surface area contributed by atoms with Crippen molar-refractivity contribution in [2.75, 3.05) is 13.1 Å². The van der Waals surface area contributed by atoms with Gasteiger partial charge in [0.25, 0.3) is 0 Å². The molecule has 1 fully saturated rings. The van der Waals surface area contributed by atoms with Gasteiger partial charge in [-0.25, -0.2) is 0 Å². The molecule has 2 N–H and O–H groups in total. The number of alkyl halides is 2. The number of carbonyl (C=O) groups is 1. The normalized spacial score (nSPS) is 23.3. The molecule has 1 saturated heterocycles. The highest BCUT2D eigenvalue weighted by Gasteiger charge is 2.35. The molecule has 0 aromatic heterocycles. The number of nitrogens with one attached hydrogen (secondary N) is 1. The molecule has 98 valence electrons. The van der Waals surface area contributed by atoms with Crippen molar-refractivity contribution in [3.8, 4) is 5.75 Å². The van der Waals surface area contributed by atoms with Crippen molar-refractivity contribution in [3.05, 3.63) is 29.8 Å². The van der Waals surface area contributed by atoms with Gasteiger partial charge in [-0.2, -0.15) is 8.78 Å². The second-order valence-corrected chi connectivity index (χ2v) is 4.13. The third-order valence-corrected chi connectivity index (χ3v) is 3.07. The topological polar surface area (TPSA) is 58.6 Å². The third kappa shape index (κ3) is 2.59. The van der Waals surface area contributed by atoms with Gasteiger partial charge in [0, 0.05) is 19.0 Å². The summed E-state index contributed by atoms with van der Waals surface area (Å²) in [4.78, 5) is 11.1. The predicted octanol–water partition coefficient (Wildman–Crippen LogP) is 1.68. The van der Waals surface area contributed by atoms with Crippen LogP contribution in [-0.2, 0) is 4.79 Å². The first-order valence-electron chi connectivity index (χ1n) is 5.57. The molecule has 1 aromatic carbocycles. The SMILES string of the molecule is O=C(O)C1CNCC1c1ccccc1OC(F)F. The summed E-state index contributed by atoms with van der Waals surface area (Å²) in [5.74, 6) is -1.85. The van der Waals surface area contributed by atoms with Gasteiger partial charge < -0.3 is 15.2 Å². The van der Waals surface area contributed by atoms with Gasteiger partial charge >= 0.3 is 12.6 Å². The van der Waals surface area contributed by atoms with Crippen molar-refractivity contribution in [1.82, 2.24) is 5.32 Å². The standard InChI is InChI=1S/C12H13F2NO3/c13-12(14)18-10-4-2-1-3-7(10)8-5-15-6-9(8)11(16)17/h1-4,8-9,12,15H,5-6H2,(H,16,17). The minimum absolute atomic E-state index is 0.0486. The summed E-state index contributed by atoms with van der Waals surface area (Å²) >= 11 is 0. The van der Waals surface area contributed by atoms with E-state index in [-0.39, 0.29) is 11.7 Å². The molecule has 18 heavy (non-hydrogen) atoms. The predicted molar refractivity (Wildman–Crippen MR) is 59.8 cm³/mol. The van der Waals surface area contributed by atoms with Crippen molar-refractivity contribution in [3.63, 3.8) is 0 Å². The molecule has 2 atom stereocenters. The lowest BCUT2D eigenvalue weighted by molar-refractivity contribution is -0.141. The maximum atomic E-state index is 12.3. The molecule has 0 spiro atoms. The van der Waals surface area contributed by atoms with E-state index in [2.05, 4.69) is 10.1 Å². The fourth-order valence-electron chi connectivity index (χ4n) is 2.26. The minimum atomic E-state index is -2.91. The average Bonchev–Trinajstić information content (AvgIpc) is 2.77. The molecular weight excluding hydrogens is 244 g/mol. The number of carboxylic acids is 1. The van der Waals surface area contributed by atoms with E-state index >= 15 is 0 Å². The van der Waals surface area contributed by atoms with Gasteiger partial charge in [0.2, 0.25) is 0 Å². The Balaban J connectivity index is 2.29. The average molecular weight is 257 g/mol. The molecule has 0 amide bonds. The first kappa shape index (κ1) is 12.8. The van der Waals surface area contributed by atoms with E-state index < -0.39 is 18.5 Å². The molecule has 4 nitrogen and oxygen atoms in total. The van der Waals surface area contributed by atoms with Gasteiger partial charge in [-0.3, -0.25) is 4.79 Å². The second-order valence-electron chi connectivity index (χ2n) is 4.13. The second kappa shape index (κ2) is 5.30. The number of carboxylic acid groups (broad SMARTS) is 1. The van der Waals surface area contributed by atoms with Crippen molar-refractivity contribution >= 4 is 5.97 Å². The van der Waals surface area contributed by atoms with Crippen LogP contribution in [0.25, 0.3) is 0 Å². The Bertz CT molecular complexity index is 439. The van der Waals surface area contributed by atoms with E-state index in [0.29, 0.717) is 18.7 Å². The number of aliphatic carboxylic acids is 1. The zero-order valence-corrected chi connectivity index (χ0v) is 9.48. The third-order valence-electron chi connectivity index (χ3n) is 3.07. The van der Waals surface area contributed by atoms with Crippen LogP contribution in [0.1, 0.15) is 11.5 Å². The van der Waals surface area contributed by atoms with Crippen LogP contribution in [0.5, 0.6) is 5.75 Å². The molecule has 0 aliphatic carbocycles. The van der Waals surface area contributed by atoms with Crippen molar-refractivity contribution in [2.24, 2.45) is 5.92 Å². The molecule has 0 radical (unpaired) electrons. The van der Waals surface area contributed by atoms with Crippen LogP contribution in [0.4, 0.5) is 8.78 Å². The highest BCUT2D eigenvalue weighted by atomic mass is 19.3. The Morgan fingerprint density at radius 3 is 2.78 bits per heavy atom. The van der Waals surface area contributed by atoms with Gasteiger partial charge in [0.05, 0.1) is 5.92 Å². The van der Waals surface area contributed by atoms with Crippen molar-refractivity contribution in [2.45, 2.75) is 12.5 Å². The van der Waals surface area contributed by atoms with Crippen LogP contribution >= 0.6 is 0 Å². The molecule has 1 aromatic rings. The van der Waals surface area contributed by atoms with Crippen LogP contribution in [0.2, 0.25) is 0 Å². The number of hydrogen-bond acceptors (Lipinski definition) is 3. The number of para-hydroxylation sites is 1. The van der Waals surface area contributed by atoms with Gasteiger partial charge in [-0.1, -0.05) is 18.2 Å². The summed E-state index contributed by atoms with van der Waals surface area (Å²) in [7, 11) is 0. The largest absolute Gasteiger partial charge is 0.481 e. The number of ether oxygens (including phenoxy) is 1. The molecule has 2 rings (SSSR count). The highest BCUT2D eigenvalue weighted by Crippen LogP contribution is 2.35. The van der Waals surface area contributed by atoms with E-state index in [1.807, 2.05) is 0 Å². The summed E-state index contributed by atoms with van der Waals surface area (Å²) in [5.41, 5.74) is 0.509. The number of halogens is 2. The maximum Gasteiger partial charge on any atom is 0.387 e. The van der Waals surface area contributed by atoms with E-state index in [4.69, 9.17) is 5.11 Å². The van der Waals surface area contributed by atoms with Gasteiger partial charge in [0.15, 0.2) is 0 Å². The molecule has 0 bridgehead atoms.